The van der Waals surface area contributed by atoms with Crippen molar-refractivity contribution in [1.82, 2.24) is 4.98 Å². The van der Waals surface area contributed by atoms with Crippen LogP contribution in [0.1, 0.15) is 35.2 Å². The van der Waals surface area contributed by atoms with E-state index in [2.05, 4.69) is 10.3 Å². The van der Waals surface area contributed by atoms with Gasteiger partial charge in [0.05, 0.1) is 7.11 Å². The van der Waals surface area contributed by atoms with Gasteiger partial charge in [0.2, 0.25) is 5.91 Å². The van der Waals surface area contributed by atoms with Crippen LogP contribution in [0.3, 0.4) is 0 Å². The average Bonchev–Trinajstić information content (AvgIpc) is 3.57. The van der Waals surface area contributed by atoms with Gasteiger partial charge in [0.25, 0.3) is 5.56 Å². The first kappa shape index (κ1) is 18.9. The third kappa shape index (κ3) is 4.37. The van der Waals surface area contributed by atoms with Crippen LogP contribution in [0, 0.1) is 5.92 Å². The van der Waals surface area contributed by atoms with Crippen molar-refractivity contribution in [2.75, 3.05) is 12.4 Å². The number of aromatic nitrogens is 1. The van der Waals surface area contributed by atoms with Gasteiger partial charge in [-0.15, -0.1) is 0 Å². The van der Waals surface area contributed by atoms with Crippen molar-refractivity contribution in [3.05, 3.63) is 70.0 Å². The molecule has 1 fully saturated rings. The van der Waals surface area contributed by atoms with Crippen LogP contribution < -0.4 is 15.6 Å². The maximum atomic E-state index is 12.3. The zero-order chi connectivity index (χ0) is 20.4. The van der Waals surface area contributed by atoms with Gasteiger partial charge in [0.15, 0.2) is 5.78 Å². The first-order chi connectivity index (χ1) is 14.0. The second kappa shape index (κ2) is 7.91. The number of hydrogen-bond donors (Lipinski definition) is 2. The van der Waals surface area contributed by atoms with Gasteiger partial charge in [-0.2, -0.15) is 0 Å². The molecule has 0 spiro atoms. The van der Waals surface area contributed by atoms with E-state index in [4.69, 9.17) is 4.74 Å². The van der Waals surface area contributed by atoms with Gasteiger partial charge in [0.1, 0.15) is 5.75 Å². The summed E-state index contributed by atoms with van der Waals surface area (Å²) < 4.78 is 5.22. The Bertz CT molecular complexity index is 1130. The second-order valence-corrected chi connectivity index (χ2v) is 7.34. The first-order valence-corrected chi connectivity index (χ1v) is 9.67. The van der Waals surface area contributed by atoms with Crippen LogP contribution in [-0.4, -0.2) is 23.8 Å². The van der Waals surface area contributed by atoms with Crippen molar-refractivity contribution >= 4 is 28.3 Å². The SMILES string of the molecule is COc1ccc2[nH]c(=O)c(CCC(=O)Nc3ccc(C(=O)C4CC4)cc3)cc2c1. The second-order valence-electron chi connectivity index (χ2n) is 7.34. The molecule has 0 saturated heterocycles. The van der Waals surface area contributed by atoms with Crippen molar-refractivity contribution in [3.63, 3.8) is 0 Å². The number of ketones is 1. The number of aromatic amines is 1. The monoisotopic (exact) mass is 390 g/mol. The molecule has 1 aliphatic carbocycles. The highest BCUT2D eigenvalue weighted by Crippen LogP contribution is 2.32. The van der Waals surface area contributed by atoms with Gasteiger partial charge in [-0.1, -0.05) is 0 Å². The summed E-state index contributed by atoms with van der Waals surface area (Å²) in [6.07, 6.45) is 2.45. The molecule has 0 atom stereocenters. The van der Waals surface area contributed by atoms with Gasteiger partial charge < -0.3 is 15.0 Å². The molecule has 1 aliphatic rings. The number of fused-ring (bicyclic) bond motifs is 1. The van der Waals surface area contributed by atoms with Crippen molar-refractivity contribution in [3.8, 4) is 5.75 Å². The summed E-state index contributed by atoms with van der Waals surface area (Å²) in [5.41, 5.74) is 2.40. The number of aryl methyl sites for hydroxylation is 1. The Labute approximate surface area is 167 Å². The average molecular weight is 390 g/mol. The molecule has 6 nitrogen and oxygen atoms in total. The van der Waals surface area contributed by atoms with Gasteiger partial charge in [-0.05, 0) is 67.8 Å². The van der Waals surface area contributed by atoms with Crippen LogP contribution in [0.4, 0.5) is 5.69 Å². The molecule has 3 aromatic rings. The standard InChI is InChI=1S/C23H22N2O4/c1-29-19-9-10-20-17(13-19)12-16(23(28)25-20)6-11-21(26)24-18-7-4-15(5-8-18)22(27)14-2-3-14/h4-5,7-10,12-14H,2-3,6,11H2,1H3,(H,24,26)(H,25,28). The lowest BCUT2D eigenvalue weighted by atomic mass is 10.1. The Morgan fingerprint density at radius 1 is 1.10 bits per heavy atom. The lowest BCUT2D eigenvalue weighted by Crippen LogP contribution is -2.17. The van der Waals surface area contributed by atoms with E-state index >= 15 is 0 Å². The minimum absolute atomic E-state index is 0.176. The van der Waals surface area contributed by atoms with Crippen LogP contribution >= 0.6 is 0 Å². The topological polar surface area (TPSA) is 88.3 Å². The maximum Gasteiger partial charge on any atom is 0.251 e. The molecule has 2 aromatic carbocycles. The molecular weight excluding hydrogens is 368 g/mol. The Hall–Kier alpha value is -3.41. The smallest absolute Gasteiger partial charge is 0.251 e. The van der Waals surface area contributed by atoms with Crippen molar-refractivity contribution in [1.29, 1.82) is 0 Å². The molecule has 0 radical (unpaired) electrons. The van der Waals surface area contributed by atoms with Crippen molar-refractivity contribution < 1.29 is 14.3 Å². The summed E-state index contributed by atoms with van der Waals surface area (Å²) in [4.78, 5) is 39.4. The number of Topliss-reactive ketones (excluding diaryl/α,β-unsaturated/α-hetero) is 1. The van der Waals surface area contributed by atoms with E-state index in [1.807, 2.05) is 6.07 Å². The molecule has 6 heteroatoms. The third-order valence-corrected chi connectivity index (χ3v) is 5.15. The number of rotatable bonds is 7. The highest BCUT2D eigenvalue weighted by atomic mass is 16.5. The molecule has 1 amide bonds. The Morgan fingerprint density at radius 3 is 2.55 bits per heavy atom. The predicted octanol–water partition coefficient (Wildman–Crippen LogP) is 3.70. The number of carbonyl (C=O) groups excluding carboxylic acids is 2. The number of nitrogens with one attached hydrogen (secondary N) is 2. The number of H-pyrrole nitrogens is 1. The molecule has 0 aliphatic heterocycles. The van der Waals surface area contributed by atoms with E-state index in [9.17, 15) is 14.4 Å². The maximum absolute atomic E-state index is 12.3. The lowest BCUT2D eigenvalue weighted by Gasteiger charge is -2.07. The van der Waals surface area contributed by atoms with E-state index in [-0.39, 0.29) is 29.6 Å². The van der Waals surface area contributed by atoms with Gasteiger partial charge in [-0.25, -0.2) is 0 Å². The molecule has 148 valence electrons. The Balaban J connectivity index is 1.39. The number of benzene rings is 2. The van der Waals surface area contributed by atoms with Gasteiger partial charge >= 0.3 is 0 Å². The summed E-state index contributed by atoms with van der Waals surface area (Å²) in [5, 5.41) is 3.67. The highest BCUT2D eigenvalue weighted by Gasteiger charge is 2.30. The zero-order valence-electron chi connectivity index (χ0n) is 16.2. The van der Waals surface area contributed by atoms with Crippen LogP contribution in [0.25, 0.3) is 10.9 Å². The fourth-order valence-electron chi connectivity index (χ4n) is 3.31. The number of pyridine rings is 1. The summed E-state index contributed by atoms with van der Waals surface area (Å²) in [6, 6.07) is 14.2. The van der Waals surface area contributed by atoms with Gasteiger partial charge in [-0.3, -0.25) is 14.4 Å². The molecule has 1 aromatic heterocycles. The largest absolute Gasteiger partial charge is 0.497 e. The number of methoxy groups -OCH3 is 1. The van der Waals surface area contributed by atoms with E-state index in [0.29, 0.717) is 29.0 Å². The Morgan fingerprint density at radius 2 is 1.86 bits per heavy atom. The van der Waals surface area contributed by atoms with Gasteiger partial charge in [0, 0.05) is 40.1 Å². The van der Waals surface area contributed by atoms with E-state index in [0.717, 1.165) is 23.7 Å². The van der Waals surface area contributed by atoms with E-state index in [1.165, 1.54) is 0 Å². The molecule has 0 unspecified atom stereocenters. The fraction of sp³-hybridized carbons (Fsp3) is 0.261. The van der Waals surface area contributed by atoms with Crippen molar-refractivity contribution in [2.24, 2.45) is 5.92 Å². The van der Waals surface area contributed by atoms with Crippen LogP contribution in [0.15, 0.2) is 53.3 Å². The zero-order valence-corrected chi connectivity index (χ0v) is 16.2. The minimum Gasteiger partial charge on any atom is -0.497 e. The Kier molecular flexibility index (Phi) is 5.16. The molecule has 1 heterocycles. The normalized spacial score (nSPS) is 13.3. The third-order valence-electron chi connectivity index (χ3n) is 5.15. The summed E-state index contributed by atoms with van der Waals surface area (Å²) in [7, 11) is 1.59. The number of anilines is 1. The van der Waals surface area contributed by atoms with Crippen LogP contribution in [-0.2, 0) is 11.2 Å². The molecule has 2 N–H and O–H groups in total. The molecular formula is C23H22N2O4. The molecule has 1 saturated carbocycles. The summed E-state index contributed by atoms with van der Waals surface area (Å²) >= 11 is 0. The number of hydrogen-bond acceptors (Lipinski definition) is 4. The quantitative estimate of drug-likeness (QED) is 0.602. The molecule has 4 rings (SSSR count). The first-order valence-electron chi connectivity index (χ1n) is 9.67. The molecule has 29 heavy (non-hydrogen) atoms. The predicted molar refractivity (Wildman–Crippen MR) is 112 cm³/mol. The minimum atomic E-state index is -0.196. The lowest BCUT2D eigenvalue weighted by molar-refractivity contribution is -0.116. The summed E-state index contributed by atoms with van der Waals surface area (Å²) in [6.45, 7) is 0. The van der Waals surface area contributed by atoms with E-state index in [1.54, 1.807) is 49.6 Å². The number of ether oxygens (including phenoxy) is 1. The fourth-order valence-corrected chi connectivity index (χ4v) is 3.31. The van der Waals surface area contributed by atoms with Crippen LogP contribution in [0.2, 0.25) is 0 Å². The van der Waals surface area contributed by atoms with Crippen molar-refractivity contribution in [2.45, 2.75) is 25.7 Å². The van der Waals surface area contributed by atoms with Crippen LogP contribution in [0.5, 0.6) is 5.75 Å². The number of carbonyl (C=O) groups is 2. The summed E-state index contributed by atoms with van der Waals surface area (Å²) in [5.74, 6) is 0.874. The van der Waals surface area contributed by atoms with E-state index < -0.39 is 0 Å². The number of amides is 1. The highest BCUT2D eigenvalue weighted by molar-refractivity contribution is 6.00. The molecule has 0 bridgehead atoms.